The first kappa shape index (κ1) is 15.8. The molecule has 0 aliphatic carbocycles. The molecule has 1 atom stereocenters. The minimum atomic E-state index is -0.158. The minimum Gasteiger partial charge on any atom is -0.338 e. The molecule has 1 aliphatic rings. The lowest BCUT2D eigenvalue weighted by Gasteiger charge is -2.32. The third-order valence-electron chi connectivity index (χ3n) is 4.21. The van der Waals surface area contributed by atoms with Crippen molar-refractivity contribution < 1.29 is 9.59 Å². The summed E-state index contributed by atoms with van der Waals surface area (Å²) in [6, 6.07) is 16.2. The first-order valence-electron chi connectivity index (χ1n) is 7.79. The molecule has 1 fully saturated rings. The molecule has 0 bridgehead atoms. The smallest absolute Gasteiger partial charge is 0.253 e. The van der Waals surface area contributed by atoms with Crippen LogP contribution < -0.4 is 0 Å². The lowest BCUT2D eigenvalue weighted by molar-refractivity contribution is 0.0637. The van der Waals surface area contributed by atoms with Gasteiger partial charge in [-0.1, -0.05) is 41.9 Å². The Kier molecular flexibility index (Phi) is 4.77. The van der Waals surface area contributed by atoms with Crippen LogP contribution in [0.4, 0.5) is 0 Å². The van der Waals surface area contributed by atoms with Gasteiger partial charge < -0.3 is 4.90 Å². The Labute approximate surface area is 140 Å². The molecule has 1 saturated heterocycles. The zero-order chi connectivity index (χ0) is 16.2. The summed E-state index contributed by atoms with van der Waals surface area (Å²) in [4.78, 5) is 27.0. The number of benzene rings is 2. The number of Topliss-reactive ketones (excluding diaryl/α,β-unsaturated/α-hetero) is 1. The van der Waals surface area contributed by atoms with E-state index >= 15 is 0 Å². The standard InChI is InChI=1S/C19H18ClNO2/c20-17-10-4-8-15(12-17)18(22)16-9-5-11-21(13-16)19(23)14-6-2-1-3-7-14/h1-4,6-8,10,12,16H,5,9,11,13H2. The second-order valence-corrected chi connectivity index (χ2v) is 6.27. The summed E-state index contributed by atoms with van der Waals surface area (Å²) in [7, 11) is 0. The van der Waals surface area contributed by atoms with E-state index in [1.165, 1.54) is 0 Å². The zero-order valence-corrected chi connectivity index (χ0v) is 13.5. The molecule has 0 saturated carbocycles. The van der Waals surface area contributed by atoms with Crippen molar-refractivity contribution in [3.8, 4) is 0 Å². The molecule has 0 N–H and O–H groups in total. The van der Waals surface area contributed by atoms with Gasteiger partial charge in [0.15, 0.2) is 5.78 Å². The average Bonchev–Trinajstić information content (AvgIpc) is 2.61. The summed E-state index contributed by atoms with van der Waals surface area (Å²) in [6.07, 6.45) is 1.65. The lowest BCUT2D eigenvalue weighted by Crippen LogP contribution is -2.42. The van der Waals surface area contributed by atoms with Gasteiger partial charge in [0, 0.05) is 35.2 Å². The van der Waals surface area contributed by atoms with Crippen LogP contribution in [-0.4, -0.2) is 29.7 Å². The number of hydrogen-bond acceptors (Lipinski definition) is 2. The molecule has 4 heteroatoms. The van der Waals surface area contributed by atoms with Crippen LogP contribution in [0.15, 0.2) is 54.6 Å². The highest BCUT2D eigenvalue weighted by atomic mass is 35.5. The van der Waals surface area contributed by atoms with E-state index in [1.807, 2.05) is 30.3 Å². The van der Waals surface area contributed by atoms with Crippen LogP contribution in [0.25, 0.3) is 0 Å². The third kappa shape index (κ3) is 3.62. The normalized spacial score (nSPS) is 17.8. The largest absolute Gasteiger partial charge is 0.338 e. The summed E-state index contributed by atoms with van der Waals surface area (Å²) in [5.41, 5.74) is 1.29. The maximum Gasteiger partial charge on any atom is 0.253 e. The van der Waals surface area contributed by atoms with Crippen LogP contribution in [-0.2, 0) is 0 Å². The van der Waals surface area contributed by atoms with E-state index in [0.29, 0.717) is 29.2 Å². The van der Waals surface area contributed by atoms with Gasteiger partial charge in [-0.2, -0.15) is 0 Å². The molecule has 0 radical (unpaired) electrons. The van der Waals surface area contributed by atoms with Crippen molar-refractivity contribution in [2.45, 2.75) is 12.8 Å². The Balaban J connectivity index is 1.73. The van der Waals surface area contributed by atoms with Gasteiger partial charge in [0.2, 0.25) is 0 Å². The van der Waals surface area contributed by atoms with Crippen molar-refractivity contribution in [3.05, 3.63) is 70.7 Å². The van der Waals surface area contributed by atoms with Crippen LogP contribution in [0.5, 0.6) is 0 Å². The first-order chi connectivity index (χ1) is 11.1. The molecule has 1 heterocycles. The Bertz CT molecular complexity index is 714. The predicted octanol–water partition coefficient (Wildman–Crippen LogP) is 4.08. The molecule has 2 aromatic rings. The van der Waals surface area contributed by atoms with E-state index < -0.39 is 0 Å². The number of carbonyl (C=O) groups is 2. The number of nitrogens with zero attached hydrogens (tertiary/aromatic N) is 1. The van der Waals surface area contributed by atoms with Gasteiger partial charge in [-0.15, -0.1) is 0 Å². The number of rotatable bonds is 3. The number of piperidine rings is 1. The fraction of sp³-hybridized carbons (Fsp3) is 0.263. The molecule has 2 aromatic carbocycles. The van der Waals surface area contributed by atoms with Crippen molar-refractivity contribution in [3.63, 3.8) is 0 Å². The summed E-state index contributed by atoms with van der Waals surface area (Å²) >= 11 is 5.97. The molecule has 1 unspecified atom stereocenters. The van der Waals surface area contributed by atoms with Gasteiger partial charge in [0.05, 0.1) is 0 Å². The molecular formula is C19H18ClNO2. The van der Waals surface area contributed by atoms with Crippen LogP contribution >= 0.6 is 11.6 Å². The molecule has 118 valence electrons. The lowest BCUT2D eigenvalue weighted by atomic mass is 9.89. The van der Waals surface area contributed by atoms with Gasteiger partial charge >= 0.3 is 0 Å². The number of carbonyl (C=O) groups excluding carboxylic acids is 2. The molecule has 0 aromatic heterocycles. The summed E-state index contributed by atoms with van der Waals surface area (Å²) < 4.78 is 0. The molecule has 3 rings (SSSR count). The summed E-state index contributed by atoms with van der Waals surface area (Å²) in [5.74, 6) is -0.0952. The summed E-state index contributed by atoms with van der Waals surface area (Å²) in [5, 5.41) is 0.559. The fourth-order valence-electron chi connectivity index (χ4n) is 3.02. The van der Waals surface area contributed by atoms with Gasteiger partial charge in [-0.25, -0.2) is 0 Å². The van der Waals surface area contributed by atoms with Gasteiger partial charge in [-0.05, 0) is 37.1 Å². The molecule has 23 heavy (non-hydrogen) atoms. The molecule has 1 aliphatic heterocycles. The van der Waals surface area contributed by atoms with E-state index in [1.54, 1.807) is 29.2 Å². The van der Waals surface area contributed by atoms with E-state index in [0.717, 1.165) is 12.8 Å². The number of hydrogen-bond donors (Lipinski definition) is 0. The average molecular weight is 328 g/mol. The molecule has 3 nitrogen and oxygen atoms in total. The molecule has 1 amide bonds. The fourth-order valence-corrected chi connectivity index (χ4v) is 3.21. The maximum absolute atomic E-state index is 12.7. The highest BCUT2D eigenvalue weighted by molar-refractivity contribution is 6.31. The Morgan fingerprint density at radius 1 is 1.00 bits per heavy atom. The van der Waals surface area contributed by atoms with Crippen molar-refractivity contribution in [1.29, 1.82) is 0 Å². The zero-order valence-electron chi connectivity index (χ0n) is 12.7. The topological polar surface area (TPSA) is 37.4 Å². The van der Waals surface area contributed by atoms with Crippen molar-refractivity contribution >= 4 is 23.3 Å². The van der Waals surface area contributed by atoms with Gasteiger partial charge in [-0.3, -0.25) is 9.59 Å². The van der Waals surface area contributed by atoms with Crippen LogP contribution in [0.3, 0.4) is 0 Å². The second-order valence-electron chi connectivity index (χ2n) is 5.83. The van der Waals surface area contributed by atoms with Gasteiger partial charge in [0.1, 0.15) is 0 Å². The van der Waals surface area contributed by atoms with E-state index in [9.17, 15) is 9.59 Å². The van der Waals surface area contributed by atoms with Crippen molar-refractivity contribution in [1.82, 2.24) is 4.90 Å². The minimum absolute atomic E-state index is 0.00538. The number of amides is 1. The highest BCUT2D eigenvalue weighted by Crippen LogP contribution is 2.23. The maximum atomic E-state index is 12.7. The quantitative estimate of drug-likeness (QED) is 0.797. The van der Waals surface area contributed by atoms with Crippen LogP contribution in [0.1, 0.15) is 33.6 Å². The van der Waals surface area contributed by atoms with Crippen molar-refractivity contribution in [2.75, 3.05) is 13.1 Å². The third-order valence-corrected chi connectivity index (χ3v) is 4.44. The first-order valence-corrected chi connectivity index (χ1v) is 8.17. The van der Waals surface area contributed by atoms with E-state index in [-0.39, 0.29) is 17.6 Å². The van der Waals surface area contributed by atoms with E-state index in [2.05, 4.69) is 0 Å². The number of ketones is 1. The Morgan fingerprint density at radius 3 is 2.48 bits per heavy atom. The Hall–Kier alpha value is -2.13. The van der Waals surface area contributed by atoms with Crippen molar-refractivity contribution in [2.24, 2.45) is 5.92 Å². The van der Waals surface area contributed by atoms with E-state index in [4.69, 9.17) is 11.6 Å². The molecular weight excluding hydrogens is 310 g/mol. The molecule has 0 spiro atoms. The monoisotopic (exact) mass is 327 g/mol. The second kappa shape index (κ2) is 6.97. The SMILES string of the molecule is O=C(c1cccc(Cl)c1)C1CCCN(C(=O)c2ccccc2)C1. The van der Waals surface area contributed by atoms with Crippen LogP contribution in [0, 0.1) is 5.92 Å². The van der Waals surface area contributed by atoms with Crippen LogP contribution in [0.2, 0.25) is 5.02 Å². The highest BCUT2D eigenvalue weighted by Gasteiger charge is 2.29. The van der Waals surface area contributed by atoms with Gasteiger partial charge in [0.25, 0.3) is 5.91 Å². The Morgan fingerprint density at radius 2 is 1.74 bits per heavy atom. The summed E-state index contributed by atoms with van der Waals surface area (Å²) in [6.45, 7) is 1.17. The predicted molar refractivity (Wildman–Crippen MR) is 90.9 cm³/mol. The number of halogens is 1. The number of likely N-dealkylation sites (tertiary alicyclic amines) is 1.